The van der Waals surface area contributed by atoms with Gasteiger partial charge in [0.25, 0.3) is 0 Å². The highest BCUT2D eigenvalue weighted by atomic mass is 16.3. The van der Waals surface area contributed by atoms with E-state index in [1.54, 1.807) is 6.26 Å². The van der Waals surface area contributed by atoms with Crippen LogP contribution < -0.4 is 10.6 Å². The summed E-state index contributed by atoms with van der Waals surface area (Å²) in [5.41, 5.74) is 2.93. The first-order valence-electron chi connectivity index (χ1n) is 9.74. The molecule has 0 fully saturated rings. The van der Waals surface area contributed by atoms with Gasteiger partial charge in [0.1, 0.15) is 12.0 Å². The normalized spacial score (nSPS) is 9.63. The van der Waals surface area contributed by atoms with Gasteiger partial charge < -0.3 is 15.1 Å². The van der Waals surface area contributed by atoms with Crippen LogP contribution in [-0.2, 0) is 0 Å². The molecule has 0 spiro atoms. The molecule has 0 aliphatic carbocycles. The largest absolute Gasteiger partial charge is 0.444 e. The molecular weight excluding hydrogens is 334 g/mol. The Morgan fingerprint density at radius 1 is 0.667 bits per heavy atom. The zero-order chi connectivity index (χ0) is 19.7. The van der Waals surface area contributed by atoms with E-state index in [4.69, 9.17) is 4.42 Å². The van der Waals surface area contributed by atoms with E-state index in [-0.39, 0.29) is 0 Å². The topological polar surface area (TPSA) is 50.1 Å². The van der Waals surface area contributed by atoms with E-state index in [9.17, 15) is 0 Å². The standard InChI is InChI=1S/C15H11NO.2C4H11N/c1-3-7-12(8-4-1)14-11-17-15(16-14)13-9-5-2-6-10-13;2*1-3-5-4-2/h1-11H;2*5H,3-4H2,1-2H3. The number of oxazole rings is 1. The van der Waals surface area contributed by atoms with Gasteiger partial charge in [-0.1, -0.05) is 76.2 Å². The van der Waals surface area contributed by atoms with Crippen molar-refractivity contribution >= 4 is 0 Å². The highest BCUT2D eigenvalue weighted by Crippen LogP contribution is 2.23. The Hall–Kier alpha value is -2.43. The minimum absolute atomic E-state index is 0.657. The molecule has 0 saturated heterocycles. The zero-order valence-electron chi connectivity index (χ0n) is 17.0. The molecule has 3 aromatic rings. The summed E-state index contributed by atoms with van der Waals surface area (Å²) in [6.45, 7) is 12.8. The molecule has 0 atom stereocenters. The predicted octanol–water partition coefficient (Wildman–Crippen LogP) is 5.24. The van der Waals surface area contributed by atoms with Gasteiger partial charge in [0, 0.05) is 11.1 Å². The minimum atomic E-state index is 0.657. The van der Waals surface area contributed by atoms with Gasteiger partial charge in [-0.3, -0.25) is 0 Å². The van der Waals surface area contributed by atoms with Gasteiger partial charge in [0.2, 0.25) is 5.89 Å². The maximum absolute atomic E-state index is 5.49. The Morgan fingerprint density at radius 3 is 1.52 bits per heavy atom. The van der Waals surface area contributed by atoms with Crippen molar-refractivity contribution in [3.63, 3.8) is 0 Å². The van der Waals surface area contributed by atoms with Crippen LogP contribution in [0.4, 0.5) is 0 Å². The van der Waals surface area contributed by atoms with Gasteiger partial charge >= 0.3 is 0 Å². The van der Waals surface area contributed by atoms with Crippen LogP contribution in [0.3, 0.4) is 0 Å². The molecule has 1 aromatic heterocycles. The molecule has 1 heterocycles. The third-order valence-corrected chi connectivity index (χ3v) is 3.59. The molecular formula is C23H33N3O. The number of nitrogens with one attached hydrogen (secondary N) is 2. The maximum Gasteiger partial charge on any atom is 0.226 e. The molecule has 4 nitrogen and oxygen atoms in total. The van der Waals surface area contributed by atoms with Crippen molar-refractivity contribution in [2.24, 2.45) is 0 Å². The predicted molar refractivity (Wildman–Crippen MR) is 116 cm³/mol. The number of hydrogen-bond donors (Lipinski definition) is 2. The zero-order valence-corrected chi connectivity index (χ0v) is 17.0. The average molecular weight is 368 g/mol. The number of nitrogens with zero attached hydrogens (tertiary/aromatic N) is 1. The van der Waals surface area contributed by atoms with E-state index in [0.717, 1.165) is 43.0 Å². The number of rotatable bonds is 6. The molecule has 0 unspecified atom stereocenters. The minimum Gasteiger partial charge on any atom is -0.444 e. The summed E-state index contributed by atoms with van der Waals surface area (Å²) in [5.74, 6) is 0.657. The lowest BCUT2D eigenvalue weighted by Crippen LogP contribution is -2.09. The third kappa shape index (κ3) is 9.18. The van der Waals surface area contributed by atoms with Crippen molar-refractivity contribution in [1.29, 1.82) is 0 Å². The van der Waals surface area contributed by atoms with Crippen LogP contribution in [0.5, 0.6) is 0 Å². The van der Waals surface area contributed by atoms with E-state index in [0.29, 0.717) is 5.89 Å². The summed E-state index contributed by atoms with van der Waals surface area (Å²) < 4.78 is 5.49. The summed E-state index contributed by atoms with van der Waals surface area (Å²) in [5, 5.41) is 6.22. The lowest BCUT2D eigenvalue weighted by Gasteiger charge is -1.93. The molecule has 0 radical (unpaired) electrons. The van der Waals surface area contributed by atoms with Crippen molar-refractivity contribution in [3.05, 3.63) is 66.9 Å². The third-order valence-electron chi connectivity index (χ3n) is 3.59. The molecule has 0 aliphatic heterocycles. The second kappa shape index (κ2) is 14.7. The maximum atomic E-state index is 5.49. The second-order valence-electron chi connectivity index (χ2n) is 5.68. The Bertz CT molecular complexity index is 632. The molecule has 4 heteroatoms. The molecule has 2 N–H and O–H groups in total. The fourth-order valence-corrected chi connectivity index (χ4v) is 2.23. The van der Waals surface area contributed by atoms with Crippen molar-refractivity contribution < 1.29 is 4.42 Å². The summed E-state index contributed by atoms with van der Waals surface area (Å²) in [6, 6.07) is 19.9. The molecule has 0 bridgehead atoms. The molecule has 146 valence electrons. The van der Waals surface area contributed by atoms with Crippen molar-refractivity contribution in [2.45, 2.75) is 27.7 Å². The summed E-state index contributed by atoms with van der Waals surface area (Å²) >= 11 is 0. The molecule has 2 aromatic carbocycles. The summed E-state index contributed by atoms with van der Waals surface area (Å²) in [7, 11) is 0. The molecule has 0 aliphatic rings. The lowest BCUT2D eigenvalue weighted by molar-refractivity contribution is 0.575. The fraction of sp³-hybridized carbons (Fsp3) is 0.348. The first-order chi connectivity index (χ1) is 13.3. The molecule has 0 saturated carbocycles. The van der Waals surface area contributed by atoms with E-state index in [2.05, 4.69) is 43.3 Å². The first kappa shape index (κ1) is 22.6. The van der Waals surface area contributed by atoms with Crippen molar-refractivity contribution in [1.82, 2.24) is 15.6 Å². The average Bonchev–Trinajstić information content (AvgIpc) is 3.22. The summed E-state index contributed by atoms with van der Waals surface area (Å²) in [4.78, 5) is 4.48. The molecule has 0 amide bonds. The first-order valence-corrected chi connectivity index (χ1v) is 9.74. The number of aromatic nitrogens is 1. The lowest BCUT2D eigenvalue weighted by atomic mass is 10.2. The second-order valence-corrected chi connectivity index (χ2v) is 5.68. The van der Waals surface area contributed by atoms with Crippen LogP contribution in [-0.4, -0.2) is 31.2 Å². The van der Waals surface area contributed by atoms with Gasteiger partial charge in [-0.2, -0.15) is 0 Å². The molecule has 3 rings (SSSR count). The number of hydrogen-bond acceptors (Lipinski definition) is 4. The Labute approximate surface area is 164 Å². The van der Waals surface area contributed by atoms with Crippen LogP contribution in [0.25, 0.3) is 22.7 Å². The van der Waals surface area contributed by atoms with Gasteiger partial charge in [-0.25, -0.2) is 4.98 Å². The monoisotopic (exact) mass is 367 g/mol. The van der Waals surface area contributed by atoms with Crippen LogP contribution >= 0.6 is 0 Å². The highest BCUT2D eigenvalue weighted by molar-refractivity contribution is 5.62. The van der Waals surface area contributed by atoms with E-state index < -0.39 is 0 Å². The van der Waals surface area contributed by atoms with E-state index in [1.165, 1.54) is 0 Å². The van der Waals surface area contributed by atoms with Crippen molar-refractivity contribution in [3.8, 4) is 22.7 Å². The summed E-state index contributed by atoms with van der Waals surface area (Å²) in [6.07, 6.45) is 1.69. The van der Waals surface area contributed by atoms with Crippen LogP contribution in [0.15, 0.2) is 71.3 Å². The molecule has 27 heavy (non-hydrogen) atoms. The van der Waals surface area contributed by atoms with Gasteiger partial charge in [0.05, 0.1) is 0 Å². The van der Waals surface area contributed by atoms with Gasteiger partial charge in [-0.05, 0) is 38.3 Å². The van der Waals surface area contributed by atoms with E-state index in [1.807, 2.05) is 60.7 Å². The Morgan fingerprint density at radius 2 is 1.11 bits per heavy atom. The highest BCUT2D eigenvalue weighted by Gasteiger charge is 2.06. The Kier molecular flexibility index (Phi) is 12.3. The SMILES string of the molecule is CCNCC.CCNCC.c1ccc(-c2coc(-c3ccccc3)n2)cc1. The fourth-order valence-electron chi connectivity index (χ4n) is 2.23. The Balaban J connectivity index is 0.000000306. The van der Waals surface area contributed by atoms with Gasteiger partial charge in [0.15, 0.2) is 0 Å². The van der Waals surface area contributed by atoms with Crippen LogP contribution in [0.1, 0.15) is 27.7 Å². The van der Waals surface area contributed by atoms with Crippen LogP contribution in [0.2, 0.25) is 0 Å². The van der Waals surface area contributed by atoms with Gasteiger partial charge in [-0.15, -0.1) is 0 Å². The number of benzene rings is 2. The quantitative estimate of drug-likeness (QED) is 0.625. The van der Waals surface area contributed by atoms with Crippen LogP contribution in [0, 0.1) is 0 Å². The van der Waals surface area contributed by atoms with Crippen molar-refractivity contribution in [2.75, 3.05) is 26.2 Å². The smallest absolute Gasteiger partial charge is 0.226 e. The van der Waals surface area contributed by atoms with E-state index >= 15 is 0 Å².